The summed E-state index contributed by atoms with van der Waals surface area (Å²) in [5.74, 6) is -0.230. The first-order valence-corrected chi connectivity index (χ1v) is 12.2. The summed E-state index contributed by atoms with van der Waals surface area (Å²) in [5.41, 5.74) is 10.6. The Labute approximate surface area is 187 Å². The Kier molecular flexibility index (Phi) is 11.2. The molecule has 1 N–H and O–H groups in total. The molecule has 29 heavy (non-hydrogen) atoms. The molecule has 0 spiro atoms. The summed E-state index contributed by atoms with van der Waals surface area (Å²) in [6.07, 6.45) is 3.11. The van der Waals surface area contributed by atoms with Crippen molar-refractivity contribution in [2.45, 2.75) is 17.8 Å². The average Bonchev–Trinajstić information content (AvgIpc) is 2.75. The minimum atomic E-state index is -3.77. The molecule has 0 amide bonds. The van der Waals surface area contributed by atoms with Gasteiger partial charge in [0, 0.05) is 12.4 Å². The van der Waals surface area contributed by atoms with Gasteiger partial charge in [0.15, 0.2) is 0 Å². The molecule has 0 aliphatic rings. The third-order valence-corrected chi connectivity index (χ3v) is 5.21. The standard InChI is InChI=1S/C20H19N3O2S.CH3.ClH.Ru/c21-19(17-9-3-1-4-10-17)20(18-11-5-2-6-12-18)23-26(24,25)15-16-8-7-13-22-14-16;;;/h1-14,19-21H,15H2;1H3;1H;/q-2;-1;;+4/p-1. The number of hydrogen-bond donors (Lipinski definition) is 0. The number of rotatable bonds is 7. The van der Waals surface area contributed by atoms with Gasteiger partial charge in [-0.1, -0.05) is 77.9 Å². The number of sulfonamides is 1. The Balaban J connectivity index is 0.00000136. The molecule has 0 fully saturated rings. The zero-order chi connectivity index (χ0) is 20.4. The molecular weight excluding hydrogens is 495 g/mol. The first kappa shape index (κ1) is 25.4. The first-order chi connectivity index (χ1) is 13.6. The largest absolute Gasteiger partial charge is 0.672 e. The Morgan fingerprint density at radius 1 is 0.931 bits per heavy atom. The molecule has 0 aliphatic heterocycles. The Hall–Kier alpha value is -1.63. The third kappa shape index (κ3) is 7.96. The summed E-state index contributed by atoms with van der Waals surface area (Å²) < 4.78 is 29.4. The second-order valence-corrected chi connectivity index (χ2v) is 7.60. The quantitative estimate of drug-likeness (QED) is 0.287. The summed E-state index contributed by atoms with van der Waals surface area (Å²) in [6, 6.07) is 20.0. The maximum Gasteiger partial charge on any atom is 0.0768 e. The molecule has 3 rings (SSSR count). The van der Waals surface area contributed by atoms with Gasteiger partial charge in [0.2, 0.25) is 0 Å². The Bertz CT molecular complexity index is 930. The number of nitrogens with zero attached hydrogens (tertiary/aromatic N) is 2. The van der Waals surface area contributed by atoms with E-state index in [9.17, 15) is 8.42 Å². The monoisotopic (exact) mass is 517 g/mol. The van der Waals surface area contributed by atoms with Gasteiger partial charge in [0.05, 0.1) is 15.8 Å². The van der Waals surface area contributed by atoms with Crippen molar-refractivity contribution in [3.05, 3.63) is 120 Å². The molecule has 154 valence electrons. The predicted octanol–water partition coefficient (Wildman–Crippen LogP) is 5.96. The number of aromatic nitrogens is 1. The smallest absolute Gasteiger partial charge is 0.0768 e. The maximum absolute atomic E-state index is 12.6. The molecule has 5 nitrogen and oxygen atoms in total. The van der Waals surface area contributed by atoms with Gasteiger partial charge in [-0.3, -0.25) is 4.98 Å². The third-order valence-electron chi connectivity index (χ3n) is 3.96. The average molecular weight is 517 g/mol. The molecule has 0 saturated carbocycles. The molecule has 2 aromatic carbocycles. The van der Waals surface area contributed by atoms with E-state index in [2.05, 4.69) is 19.4 Å². The van der Waals surface area contributed by atoms with Gasteiger partial charge in [-0.2, -0.15) is 0 Å². The summed E-state index contributed by atoms with van der Waals surface area (Å²) >= 11 is 1.82. The molecule has 1 aromatic heterocycles. The van der Waals surface area contributed by atoms with Crippen LogP contribution in [0.15, 0.2) is 85.2 Å². The van der Waals surface area contributed by atoms with Crippen molar-refractivity contribution in [1.29, 1.82) is 0 Å². The number of nitrogens with one attached hydrogen (secondary N) is 1. The predicted molar refractivity (Wildman–Crippen MR) is 115 cm³/mol. The number of hydrogen-bond acceptors (Lipinski definition) is 3. The van der Waals surface area contributed by atoms with E-state index in [4.69, 9.17) is 5.73 Å². The SMILES string of the molecule is [CH3-].[Cl][Ru+3].[NH-]C(c1ccccc1)C([N-]S(=O)(=O)Cc1cccnc1)c1ccccc1. The topological polar surface area (TPSA) is 84.9 Å². The minimum Gasteiger partial charge on any atom is -0.672 e. The van der Waals surface area contributed by atoms with Gasteiger partial charge in [-0.25, -0.2) is 8.42 Å². The van der Waals surface area contributed by atoms with Crippen LogP contribution in [0, 0.1) is 7.43 Å². The Morgan fingerprint density at radius 3 is 2.00 bits per heavy atom. The van der Waals surface area contributed by atoms with Crippen LogP contribution in [0.1, 0.15) is 28.8 Å². The number of benzene rings is 2. The van der Waals surface area contributed by atoms with E-state index in [0.29, 0.717) is 11.1 Å². The van der Waals surface area contributed by atoms with E-state index < -0.39 is 22.1 Å². The van der Waals surface area contributed by atoms with E-state index >= 15 is 0 Å². The van der Waals surface area contributed by atoms with E-state index in [0.717, 1.165) is 5.56 Å². The van der Waals surface area contributed by atoms with Gasteiger partial charge in [0.25, 0.3) is 0 Å². The normalized spacial score (nSPS) is 12.6. The molecule has 0 saturated heterocycles. The molecule has 1 heterocycles. The van der Waals surface area contributed by atoms with E-state index in [1.54, 1.807) is 30.5 Å². The first-order valence-electron chi connectivity index (χ1n) is 8.33. The second-order valence-electron chi connectivity index (χ2n) is 5.94. The van der Waals surface area contributed by atoms with Crippen LogP contribution in [0.25, 0.3) is 10.5 Å². The Morgan fingerprint density at radius 2 is 1.48 bits per heavy atom. The fourth-order valence-corrected chi connectivity index (χ4v) is 3.97. The van der Waals surface area contributed by atoms with Crippen LogP contribution >= 0.6 is 9.69 Å². The summed E-state index contributed by atoms with van der Waals surface area (Å²) in [4.78, 5) is 3.95. The van der Waals surface area contributed by atoms with Crippen molar-refractivity contribution in [2.24, 2.45) is 0 Å². The number of pyridine rings is 1. The van der Waals surface area contributed by atoms with Crippen LogP contribution < -0.4 is 0 Å². The minimum absolute atomic E-state index is 0. The van der Waals surface area contributed by atoms with Crippen LogP contribution in [0.4, 0.5) is 0 Å². The fourth-order valence-electron chi connectivity index (χ4n) is 2.71. The van der Waals surface area contributed by atoms with Crippen LogP contribution in [0.2, 0.25) is 0 Å². The molecule has 2 unspecified atom stereocenters. The summed E-state index contributed by atoms with van der Waals surface area (Å²) in [6.45, 7) is 0. The summed E-state index contributed by atoms with van der Waals surface area (Å²) in [7, 11) is 0.799. The van der Waals surface area contributed by atoms with Crippen molar-refractivity contribution in [1.82, 2.24) is 4.98 Å². The van der Waals surface area contributed by atoms with E-state index in [1.165, 1.54) is 6.20 Å². The van der Waals surface area contributed by atoms with E-state index in [-0.39, 0.29) is 13.2 Å². The maximum atomic E-state index is 12.6. The van der Waals surface area contributed by atoms with E-state index in [1.807, 2.05) is 65.8 Å². The van der Waals surface area contributed by atoms with Gasteiger partial charge in [0.1, 0.15) is 0 Å². The van der Waals surface area contributed by atoms with Gasteiger partial charge >= 0.3 is 27.0 Å². The molecule has 3 aromatic rings. The second kappa shape index (κ2) is 12.8. The zero-order valence-electron chi connectivity index (χ0n) is 15.8. The van der Waals surface area contributed by atoms with Crippen LogP contribution in [-0.2, 0) is 33.1 Å². The van der Waals surface area contributed by atoms with Crippen molar-refractivity contribution in [3.63, 3.8) is 0 Å². The van der Waals surface area contributed by atoms with Gasteiger partial charge in [-0.05, 0) is 11.6 Å². The molecule has 0 bridgehead atoms. The molecular formula is C21H22ClN3O2RuS. The van der Waals surface area contributed by atoms with Crippen LogP contribution in [0.5, 0.6) is 0 Å². The van der Waals surface area contributed by atoms with Crippen molar-refractivity contribution >= 4 is 19.7 Å². The van der Waals surface area contributed by atoms with Crippen molar-refractivity contribution in [2.75, 3.05) is 0 Å². The zero-order valence-corrected chi connectivity index (χ0v) is 19.1. The summed E-state index contributed by atoms with van der Waals surface area (Å²) in [5, 5.41) is 0. The van der Waals surface area contributed by atoms with Crippen molar-refractivity contribution < 1.29 is 25.7 Å². The fraction of sp³-hybridized carbons (Fsp3) is 0.143. The van der Waals surface area contributed by atoms with Gasteiger partial charge in [-0.15, -0.1) is 12.1 Å². The van der Waals surface area contributed by atoms with Gasteiger partial charge < -0.3 is 17.9 Å². The molecule has 0 aliphatic carbocycles. The molecule has 8 heteroatoms. The van der Waals surface area contributed by atoms with Crippen LogP contribution in [0.3, 0.4) is 0 Å². The molecule has 2 atom stereocenters. The molecule has 0 radical (unpaired) electrons. The van der Waals surface area contributed by atoms with Crippen molar-refractivity contribution in [3.8, 4) is 0 Å². The number of halogens is 1. The van der Waals surface area contributed by atoms with Crippen LogP contribution in [-0.4, -0.2) is 13.4 Å².